The molecule has 4 aromatic rings. The van der Waals surface area contributed by atoms with E-state index < -0.39 is 155 Å². The minimum Gasteiger partial charge on any atom is -0.479 e. The Balaban J connectivity index is 0.000000756. The largest absolute Gasteiger partial charge is 0.508 e. The Morgan fingerprint density at radius 1 is 0.500 bits per heavy atom. The van der Waals surface area contributed by atoms with Gasteiger partial charge in [-0.05, 0) is 132 Å². The number of carbonyl (C=O) groups is 13. The summed E-state index contributed by atoms with van der Waals surface area (Å²) in [6.45, 7) is 35.2. The van der Waals surface area contributed by atoms with Crippen molar-refractivity contribution in [3.05, 3.63) is 121 Å². The molecule has 3 aliphatic rings. The molecule has 37 nitrogen and oxygen atoms in total. The van der Waals surface area contributed by atoms with Crippen molar-refractivity contribution in [3.63, 3.8) is 0 Å². The third-order valence-corrected chi connectivity index (χ3v) is 27.2. The molecule has 3 fully saturated rings. The number of hydrogen-bond donors (Lipinski definition) is 10. The molecule has 7 atom stereocenters. The van der Waals surface area contributed by atoms with Crippen LogP contribution in [0.5, 0.6) is 0 Å². The first-order chi connectivity index (χ1) is 58.2. The van der Waals surface area contributed by atoms with E-state index in [-0.39, 0.29) is 99.2 Å². The molecule has 7 rings (SSSR count). The molecule has 11 N–H and O–H groups in total. The second kappa shape index (κ2) is 53.3. The highest BCUT2D eigenvalue weighted by Gasteiger charge is 2.52. The Bertz CT molecular complexity index is 3980. The molecule has 0 aromatic heterocycles. The molecule has 0 aliphatic carbocycles. The van der Waals surface area contributed by atoms with E-state index in [9.17, 15) is 67.4 Å². The van der Waals surface area contributed by atoms with Crippen molar-refractivity contribution in [1.82, 2.24) is 5.32 Å². The Morgan fingerprint density at radius 2 is 0.897 bits per heavy atom. The van der Waals surface area contributed by atoms with E-state index in [0.29, 0.717) is 25.9 Å². The zero-order chi connectivity index (χ0) is 96.4. The number of esters is 8. The van der Waals surface area contributed by atoms with Gasteiger partial charge in [0.05, 0.1) is 7.11 Å². The molecule has 706 valence electrons. The summed E-state index contributed by atoms with van der Waals surface area (Å²) in [6.07, 6.45) is -8.40. The number of benzene rings is 4. The van der Waals surface area contributed by atoms with Gasteiger partial charge in [0, 0.05) is 79.6 Å². The van der Waals surface area contributed by atoms with Crippen molar-refractivity contribution < 1.29 is 169 Å². The maximum Gasteiger partial charge on any atom is 0.508 e. The molecule has 1 amide bonds. The fraction of sp³-hybridized carbons (Fsp3) is 0.575. The number of alkyl carbamates (subject to hydrolysis) is 1. The maximum absolute atomic E-state index is 12.1. The van der Waals surface area contributed by atoms with Crippen LogP contribution in [0.25, 0.3) is 0 Å². The van der Waals surface area contributed by atoms with Gasteiger partial charge in [-0.1, -0.05) is 163 Å². The number of nitrogens with one attached hydrogen (secondary N) is 1. The van der Waals surface area contributed by atoms with Crippen LogP contribution in [0.1, 0.15) is 196 Å². The summed E-state index contributed by atoms with van der Waals surface area (Å²) in [4.78, 5) is 142. The number of carboxylic acid groups (broad SMARTS) is 4. The van der Waals surface area contributed by atoms with E-state index in [1.54, 1.807) is 76.2 Å². The topological polar surface area (TPSA) is 551 Å². The zero-order valence-electron chi connectivity index (χ0n) is 75.6. The quantitative estimate of drug-likeness (QED) is 0.0133. The Morgan fingerprint density at radius 3 is 1.25 bits per heavy atom. The highest BCUT2D eigenvalue weighted by molar-refractivity contribution is 7.00. The molecule has 2 unspecified atom stereocenters. The highest BCUT2D eigenvalue weighted by Crippen LogP contribution is 2.39. The van der Waals surface area contributed by atoms with Crippen LogP contribution in [0, 0.1) is 0 Å². The minimum absolute atomic E-state index is 0.0116. The van der Waals surface area contributed by atoms with E-state index in [1.165, 1.54) is 24.2 Å². The molecular formula is C87H130N2O35Si2. The van der Waals surface area contributed by atoms with Crippen molar-refractivity contribution in [2.45, 2.75) is 277 Å². The fourth-order valence-corrected chi connectivity index (χ4v) is 21.0. The molecule has 3 aliphatic heterocycles. The van der Waals surface area contributed by atoms with Crippen LogP contribution >= 0.6 is 0 Å². The zero-order valence-corrected chi connectivity index (χ0v) is 77.6. The van der Waals surface area contributed by atoms with Crippen LogP contribution in [0.3, 0.4) is 0 Å². The van der Waals surface area contributed by atoms with E-state index in [0.717, 1.165) is 17.5 Å². The fourth-order valence-electron chi connectivity index (χ4n) is 11.8. The van der Waals surface area contributed by atoms with Crippen LogP contribution in [0.15, 0.2) is 121 Å². The second-order valence-electron chi connectivity index (χ2n) is 34.2. The lowest BCUT2D eigenvalue weighted by Gasteiger charge is -2.43. The van der Waals surface area contributed by atoms with Crippen LogP contribution in [0.2, 0.25) is 10.1 Å². The number of aliphatic hydroxyl groups excluding tert-OH is 4. The number of ether oxygens (including phenoxy) is 12. The number of amides is 1. The predicted octanol–water partition coefficient (Wildman–Crippen LogP) is 7.02. The van der Waals surface area contributed by atoms with Gasteiger partial charge in [-0.25, -0.2) is 52.7 Å². The smallest absolute Gasteiger partial charge is 0.479 e. The first kappa shape index (κ1) is 114. The Labute approximate surface area is 737 Å². The average Bonchev–Trinajstić information content (AvgIpc) is 0.867. The van der Waals surface area contributed by atoms with E-state index in [2.05, 4.69) is 143 Å². The predicted molar refractivity (Wildman–Crippen MR) is 458 cm³/mol. The number of cyclic esters (lactones) is 4. The molecular weight excluding hydrogens is 1690 g/mol. The summed E-state index contributed by atoms with van der Waals surface area (Å²) >= 11 is 0. The van der Waals surface area contributed by atoms with Gasteiger partial charge in [0.25, 0.3) is 16.6 Å². The average molecular weight is 1820 g/mol. The van der Waals surface area contributed by atoms with Crippen molar-refractivity contribution in [2.24, 2.45) is 5.73 Å². The SMILES string of the molecule is CC(C)(C)OC(=O)CCCC(O)C(=O)O.CC(C)(C)OC(=O)CCC[C@@H]1OC(=O)COC1=O.CC(C)(C)[Si](OCC[C@H](O)C(=O)O)(c1ccccc1)c1ccccc1.CC1(C)OC(=O)[C@H](CCO[Si](c2ccccc2)(c2ccccc2)C(C)(C)C)O1.CC1(C)OC(=O)[C@H](OC(=O)O)O1.COC(=O)[C@H](CCNC(=O)OC(C)(C)C)OC(=O)CO.NCCC(O)C(=O)O. The van der Waals surface area contributed by atoms with Crippen LogP contribution < -0.4 is 31.8 Å². The highest BCUT2D eigenvalue weighted by atomic mass is 28.4. The number of nitrogens with two attached hydrogens (primary N) is 1. The van der Waals surface area contributed by atoms with Crippen molar-refractivity contribution in [1.29, 1.82) is 0 Å². The molecule has 0 spiro atoms. The number of carboxylic acids is 3. The molecule has 4 aromatic carbocycles. The second-order valence-corrected chi connectivity index (χ2v) is 42.9. The van der Waals surface area contributed by atoms with Crippen molar-refractivity contribution >= 4 is 115 Å². The third-order valence-electron chi connectivity index (χ3n) is 17.1. The lowest BCUT2D eigenvalue weighted by atomic mass is 10.1. The van der Waals surface area contributed by atoms with Gasteiger partial charge in [0.2, 0.25) is 17.7 Å². The third kappa shape index (κ3) is 43.2. The Kier molecular flexibility index (Phi) is 48.1. The maximum atomic E-state index is 12.1. The first-order valence-corrected chi connectivity index (χ1v) is 44.3. The molecule has 0 bridgehead atoms. The summed E-state index contributed by atoms with van der Waals surface area (Å²) in [5.41, 5.74) is 3.27. The number of hydrogen-bond acceptors (Lipinski definition) is 32. The molecule has 0 radical (unpaired) electrons. The first-order valence-electron chi connectivity index (χ1n) is 40.5. The van der Waals surface area contributed by atoms with Crippen molar-refractivity contribution in [3.8, 4) is 0 Å². The normalized spacial score (nSPS) is 16.8. The van der Waals surface area contributed by atoms with E-state index >= 15 is 0 Å². The summed E-state index contributed by atoms with van der Waals surface area (Å²) in [7, 11) is -4.10. The molecule has 3 heterocycles. The Hall–Kier alpha value is -10.3. The van der Waals surface area contributed by atoms with E-state index in [4.69, 9.17) is 83.5 Å². The molecule has 0 saturated carbocycles. The van der Waals surface area contributed by atoms with Crippen LogP contribution in [-0.2, 0) is 118 Å². The standard InChI is InChI=1S/C23H30O4Si.C20H26O4Si.C12H21NO7.C12H18O6.C10H18O5.C6H8O6.C4H9NO3/c1-22(2,3)28(18-12-8-6-9-13-18,19-14-10-7-11-15-19)25-17-16-20-21(24)27-23(4,5)26-20;1-20(2,3)25(16-10-6-4-7-11-16,17-12-8-5-9-13-17)24-15-14-18(21)19(22)23;1-12(2,3)20-11(17)13-6-5-8(10(16)18-4)19-9(15)7-14;1-12(2,3)18-9(13)6-4-5-8-11(15)16-7-10(14)17-8;1-10(2,3)15-8(12)6-4-5-7(11)9(13)14;1-6(2)11-3(7)4(12-6)10-5(8)9;5-2-1-3(6)4(7)8/h6-15,20H,16-17H2,1-5H3;4-13,18,21H,14-15H2,1-3H3,(H,22,23);8,14H,5-7H2,1-4H3,(H,13,17);8H,4-7H2,1-3H3;7,11H,4-6H2,1-3H3,(H,13,14);4H,1-2H3,(H,8,9);3,6H,1-2,5H2,(H,7,8)/t20-;18-;2*8-;;4-;/m0000.1./s1. The van der Waals surface area contributed by atoms with Gasteiger partial charge in [0.1, 0.15) is 23.4 Å². The van der Waals surface area contributed by atoms with Crippen molar-refractivity contribution in [2.75, 3.05) is 46.6 Å². The van der Waals surface area contributed by atoms with Gasteiger partial charge in [-0.3, -0.25) is 14.3 Å². The van der Waals surface area contributed by atoms with Gasteiger partial charge in [-0.15, -0.1) is 0 Å². The summed E-state index contributed by atoms with van der Waals surface area (Å²) in [6, 6.07) is 41.2. The summed E-state index contributed by atoms with van der Waals surface area (Å²) in [5.74, 6) is -10.3. The van der Waals surface area contributed by atoms with Crippen LogP contribution in [-0.4, -0.2) is 253 Å². The number of aliphatic carboxylic acids is 3. The van der Waals surface area contributed by atoms with Gasteiger partial charge in [-0.2, -0.15) is 0 Å². The lowest BCUT2D eigenvalue weighted by molar-refractivity contribution is -0.185. The monoisotopic (exact) mass is 1820 g/mol. The summed E-state index contributed by atoms with van der Waals surface area (Å²) in [5, 5.41) is 75.9. The number of methoxy groups -OCH3 is 1. The number of aliphatic hydroxyl groups is 4. The minimum atomic E-state index is -2.65. The number of rotatable bonds is 32. The lowest BCUT2D eigenvalue weighted by Crippen LogP contribution is -2.66. The van der Waals surface area contributed by atoms with Gasteiger partial charge >= 0.3 is 84.2 Å². The van der Waals surface area contributed by atoms with Crippen LogP contribution in [0.4, 0.5) is 9.59 Å². The van der Waals surface area contributed by atoms with E-state index in [1.807, 2.05) is 48.5 Å². The van der Waals surface area contributed by atoms with Gasteiger partial charge < -0.3 is 113 Å². The molecule has 3 saturated heterocycles. The summed E-state index contributed by atoms with van der Waals surface area (Å²) < 4.78 is 71.5. The number of carbonyl (C=O) groups excluding carboxylic acids is 9. The van der Waals surface area contributed by atoms with Gasteiger partial charge in [0.15, 0.2) is 37.1 Å². The molecule has 126 heavy (non-hydrogen) atoms. The molecule has 39 heteroatoms.